The highest BCUT2D eigenvalue weighted by molar-refractivity contribution is 7.99. The van der Waals surface area contributed by atoms with Gasteiger partial charge in [-0.3, -0.25) is 4.68 Å². The van der Waals surface area contributed by atoms with Crippen molar-refractivity contribution in [3.8, 4) is 0 Å². The summed E-state index contributed by atoms with van der Waals surface area (Å²) in [6.45, 7) is 7.42. The van der Waals surface area contributed by atoms with Crippen LogP contribution in [0, 0.1) is 0 Å². The Morgan fingerprint density at radius 3 is 2.82 bits per heavy atom. The topological polar surface area (TPSA) is 43.8 Å². The molecule has 0 radical (unpaired) electrons. The molecular weight excluding hydrogens is 254 g/mol. The van der Waals surface area contributed by atoms with Gasteiger partial charge < -0.3 is 5.73 Å². The zero-order valence-corrected chi connectivity index (χ0v) is 12.4. The SMILES string of the molecule is CCCn1ncc(Cl)c1C(N)CSC(C)CC. The molecule has 0 aromatic carbocycles. The third kappa shape index (κ3) is 4.19. The maximum atomic E-state index is 6.21. The van der Waals surface area contributed by atoms with Crippen molar-refractivity contribution in [3.63, 3.8) is 0 Å². The molecule has 0 saturated heterocycles. The molecule has 2 unspecified atom stereocenters. The first-order valence-corrected chi connectivity index (χ1v) is 7.61. The molecule has 2 atom stereocenters. The zero-order valence-electron chi connectivity index (χ0n) is 10.8. The summed E-state index contributed by atoms with van der Waals surface area (Å²) in [5.74, 6) is 0.893. The maximum absolute atomic E-state index is 6.21. The lowest BCUT2D eigenvalue weighted by Crippen LogP contribution is -2.20. The maximum Gasteiger partial charge on any atom is 0.0834 e. The van der Waals surface area contributed by atoms with Crippen LogP contribution < -0.4 is 5.73 Å². The van der Waals surface area contributed by atoms with Crippen LogP contribution in [0.2, 0.25) is 5.02 Å². The van der Waals surface area contributed by atoms with Crippen molar-refractivity contribution in [2.75, 3.05) is 5.75 Å². The molecule has 0 aliphatic heterocycles. The molecular formula is C12H22ClN3S. The number of rotatable bonds is 7. The second kappa shape index (κ2) is 7.29. The first-order valence-electron chi connectivity index (χ1n) is 6.18. The Kier molecular flexibility index (Phi) is 6.38. The molecule has 1 heterocycles. The highest BCUT2D eigenvalue weighted by atomic mass is 35.5. The molecule has 1 aromatic heterocycles. The van der Waals surface area contributed by atoms with Crippen molar-refractivity contribution in [1.29, 1.82) is 0 Å². The molecule has 0 bridgehead atoms. The largest absolute Gasteiger partial charge is 0.322 e. The minimum absolute atomic E-state index is 0.0319. The van der Waals surface area contributed by atoms with E-state index in [1.165, 1.54) is 6.42 Å². The molecule has 0 fully saturated rings. The molecule has 1 rings (SSSR count). The van der Waals surface area contributed by atoms with E-state index in [4.69, 9.17) is 17.3 Å². The average molecular weight is 276 g/mol. The number of thioether (sulfide) groups is 1. The van der Waals surface area contributed by atoms with Gasteiger partial charge in [0.05, 0.1) is 23.0 Å². The van der Waals surface area contributed by atoms with E-state index in [2.05, 4.69) is 25.9 Å². The fourth-order valence-corrected chi connectivity index (χ4v) is 2.81. The van der Waals surface area contributed by atoms with Crippen LogP contribution in [0.25, 0.3) is 0 Å². The minimum atomic E-state index is -0.0319. The van der Waals surface area contributed by atoms with Crippen molar-refractivity contribution in [1.82, 2.24) is 9.78 Å². The summed E-state index contributed by atoms with van der Waals surface area (Å²) in [7, 11) is 0. The Morgan fingerprint density at radius 2 is 2.24 bits per heavy atom. The Morgan fingerprint density at radius 1 is 1.53 bits per heavy atom. The summed E-state index contributed by atoms with van der Waals surface area (Å²) in [6.07, 6.45) is 3.90. The van der Waals surface area contributed by atoms with Crippen LogP contribution in [-0.4, -0.2) is 20.8 Å². The lowest BCUT2D eigenvalue weighted by Gasteiger charge is -2.16. The lowest BCUT2D eigenvalue weighted by molar-refractivity contribution is 0.554. The third-order valence-electron chi connectivity index (χ3n) is 2.76. The van der Waals surface area contributed by atoms with Crippen molar-refractivity contribution < 1.29 is 0 Å². The van der Waals surface area contributed by atoms with Crippen molar-refractivity contribution >= 4 is 23.4 Å². The van der Waals surface area contributed by atoms with E-state index in [0.717, 1.165) is 24.4 Å². The molecule has 0 spiro atoms. The van der Waals surface area contributed by atoms with E-state index in [1.54, 1.807) is 6.20 Å². The number of hydrogen-bond acceptors (Lipinski definition) is 3. The molecule has 1 aromatic rings. The van der Waals surface area contributed by atoms with Crippen LogP contribution in [0.3, 0.4) is 0 Å². The minimum Gasteiger partial charge on any atom is -0.322 e. The Hall–Kier alpha value is -0.190. The van der Waals surface area contributed by atoms with Crippen molar-refractivity contribution in [2.24, 2.45) is 5.73 Å². The lowest BCUT2D eigenvalue weighted by atomic mass is 10.2. The van der Waals surface area contributed by atoms with Gasteiger partial charge in [0.15, 0.2) is 0 Å². The van der Waals surface area contributed by atoms with E-state index >= 15 is 0 Å². The first kappa shape index (κ1) is 14.9. The van der Waals surface area contributed by atoms with Gasteiger partial charge in [0.2, 0.25) is 0 Å². The summed E-state index contributed by atoms with van der Waals surface area (Å²) in [5.41, 5.74) is 7.18. The van der Waals surface area contributed by atoms with E-state index in [0.29, 0.717) is 10.3 Å². The Balaban J connectivity index is 2.66. The fourth-order valence-electron chi connectivity index (χ4n) is 1.60. The van der Waals surface area contributed by atoms with E-state index in [1.807, 2.05) is 16.4 Å². The van der Waals surface area contributed by atoms with Crippen LogP contribution in [0.1, 0.15) is 45.3 Å². The molecule has 3 nitrogen and oxygen atoms in total. The van der Waals surface area contributed by atoms with Crippen LogP contribution in [0.5, 0.6) is 0 Å². The van der Waals surface area contributed by atoms with Gasteiger partial charge in [0.1, 0.15) is 0 Å². The van der Waals surface area contributed by atoms with Crippen LogP contribution in [0.15, 0.2) is 6.20 Å². The number of aryl methyl sites for hydroxylation is 1. The Labute approximate surface area is 113 Å². The standard InChI is InChI=1S/C12H22ClN3S/c1-4-6-16-12(10(13)7-15-16)11(14)8-17-9(3)5-2/h7,9,11H,4-6,8,14H2,1-3H3. The number of aromatic nitrogens is 2. The normalized spacial score (nSPS) is 14.9. The summed E-state index contributed by atoms with van der Waals surface area (Å²) < 4.78 is 1.93. The molecule has 5 heteroatoms. The number of nitrogens with zero attached hydrogens (tertiary/aromatic N) is 2. The van der Waals surface area contributed by atoms with E-state index in [-0.39, 0.29) is 6.04 Å². The summed E-state index contributed by atoms with van der Waals surface area (Å²) >= 11 is 8.05. The van der Waals surface area contributed by atoms with Crippen LogP contribution in [0.4, 0.5) is 0 Å². The highest BCUT2D eigenvalue weighted by Crippen LogP contribution is 2.26. The number of nitrogens with two attached hydrogens (primary N) is 1. The van der Waals surface area contributed by atoms with Crippen LogP contribution >= 0.6 is 23.4 Å². The zero-order chi connectivity index (χ0) is 12.8. The number of hydrogen-bond donors (Lipinski definition) is 1. The Bertz CT molecular complexity index is 340. The molecule has 0 aliphatic rings. The fraction of sp³-hybridized carbons (Fsp3) is 0.750. The average Bonchev–Trinajstić information content (AvgIpc) is 2.67. The molecule has 0 aliphatic carbocycles. The molecule has 0 amide bonds. The van der Waals surface area contributed by atoms with Gasteiger partial charge in [-0.05, 0) is 12.8 Å². The molecule has 98 valence electrons. The summed E-state index contributed by atoms with van der Waals surface area (Å²) in [6, 6.07) is -0.0319. The molecule has 2 N–H and O–H groups in total. The molecule has 0 saturated carbocycles. The van der Waals surface area contributed by atoms with Gasteiger partial charge in [0, 0.05) is 17.5 Å². The first-order chi connectivity index (χ1) is 8.10. The van der Waals surface area contributed by atoms with Crippen molar-refractivity contribution in [2.45, 2.75) is 51.4 Å². The van der Waals surface area contributed by atoms with Crippen molar-refractivity contribution in [3.05, 3.63) is 16.9 Å². The summed E-state index contributed by atoms with van der Waals surface area (Å²) in [5, 5.41) is 5.60. The second-order valence-corrected chi connectivity index (χ2v) is 6.14. The predicted molar refractivity (Wildman–Crippen MR) is 76.7 cm³/mol. The van der Waals surface area contributed by atoms with E-state index in [9.17, 15) is 0 Å². The van der Waals surface area contributed by atoms with E-state index < -0.39 is 0 Å². The second-order valence-electron chi connectivity index (χ2n) is 4.26. The summed E-state index contributed by atoms with van der Waals surface area (Å²) in [4.78, 5) is 0. The van der Waals surface area contributed by atoms with Gasteiger partial charge in [-0.2, -0.15) is 16.9 Å². The molecule has 17 heavy (non-hydrogen) atoms. The predicted octanol–water partition coefficient (Wildman–Crippen LogP) is 3.48. The van der Waals surface area contributed by atoms with Crippen LogP contribution in [-0.2, 0) is 6.54 Å². The van der Waals surface area contributed by atoms with Gasteiger partial charge in [0.25, 0.3) is 0 Å². The quantitative estimate of drug-likeness (QED) is 0.829. The van der Waals surface area contributed by atoms with Gasteiger partial charge in [-0.1, -0.05) is 32.4 Å². The highest BCUT2D eigenvalue weighted by Gasteiger charge is 2.17. The van der Waals surface area contributed by atoms with Gasteiger partial charge in [-0.25, -0.2) is 0 Å². The monoisotopic (exact) mass is 275 g/mol. The van der Waals surface area contributed by atoms with Gasteiger partial charge in [-0.15, -0.1) is 0 Å². The smallest absolute Gasteiger partial charge is 0.0834 e. The third-order valence-corrected chi connectivity index (χ3v) is 4.50. The van der Waals surface area contributed by atoms with Gasteiger partial charge >= 0.3 is 0 Å². The number of halogens is 1.